The summed E-state index contributed by atoms with van der Waals surface area (Å²) in [5.74, 6) is -0.144. The lowest BCUT2D eigenvalue weighted by Crippen LogP contribution is -2.40. The highest BCUT2D eigenvalue weighted by molar-refractivity contribution is 5.94. The fraction of sp³-hybridized carbons (Fsp3) is 0.133. The zero-order valence-electron chi connectivity index (χ0n) is 9.91. The molecule has 1 heterocycles. The van der Waals surface area contributed by atoms with Crippen LogP contribution in [-0.4, -0.2) is 5.78 Å². The van der Waals surface area contributed by atoms with Crippen molar-refractivity contribution in [1.29, 1.82) is 5.26 Å². The first kappa shape index (κ1) is 12.0. The molecule has 0 fully saturated rings. The molecule has 0 aliphatic carbocycles. The van der Waals surface area contributed by atoms with E-state index in [0.717, 1.165) is 5.56 Å². The average molecular weight is 237 g/mol. The standard InChI is InChI=1S/C15H13N2O/c16-10-9-15(18)14-8-4-5-11-17(14)12-13-6-2-1-3-7-13/h1-8,11H,9,12H2/q+1. The van der Waals surface area contributed by atoms with Gasteiger partial charge in [0.15, 0.2) is 12.7 Å². The number of hydrogen-bond acceptors (Lipinski definition) is 2. The van der Waals surface area contributed by atoms with Crippen LogP contribution in [0.25, 0.3) is 0 Å². The van der Waals surface area contributed by atoms with Crippen molar-refractivity contribution >= 4 is 5.78 Å². The molecule has 0 aliphatic heterocycles. The van der Waals surface area contributed by atoms with Gasteiger partial charge in [-0.3, -0.25) is 4.79 Å². The second kappa shape index (κ2) is 5.74. The Bertz CT molecular complexity index is 585. The molecular weight excluding hydrogens is 224 g/mol. The summed E-state index contributed by atoms with van der Waals surface area (Å²) in [6.45, 7) is 0.633. The molecule has 2 aromatic rings. The van der Waals surface area contributed by atoms with E-state index in [2.05, 4.69) is 0 Å². The van der Waals surface area contributed by atoms with E-state index in [1.54, 1.807) is 6.07 Å². The van der Waals surface area contributed by atoms with Gasteiger partial charge in [-0.25, -0.2) is 0 Å². The first-order chi connectivity index (χ1) is 8.81. The van der Waals surface area contributed by atoms with Gasteiger partial charge in [0.2, 0.25) is 11.5 Å². The summed E-state index contributed by atoms with van der Waals surface area (Å²) in [6.07, 6.45) is 1.77. The van der Waals surface area contributed by atoms with Gasteiger partial charge in [-0.1, -0.05) is 30.3 Å². The Labute approximate surface area is 106 Å². The van der Waals surface area contributed by atoms with Gasteiger partial charge in [-0.15, -0.1) is 0 Å². The van der Waals surface area contributed by atoms with Gasteiger partial charge in [-0.05, 0) is 6.07 Å². The number of nitriles is 1. The molecule has 0 aliphatic rings. The molecule has 0 radical (unpaired) electrons. The van der Waals surface area contributed by atoms with E-state index in [1.807, 2.05) is 59.3 Å². The second-order valence-corrected chi connectivity index (χ2v) is 3.96. The quantitative estimate of drug-likeness (QED) is 0.604. The maximum Gasteiger partial charge on any atom is 0.250 e. The summed E-state index contributed by atoms with van der Waals surface area (Å²) in [6, 6.07) is 17.3. The van der Waals surface area contributed by atoms with Crippen molar-refractivity contribution in [2.45, 2.75) is 13.0 Å². The zero-order valence-corrected chi connectivity index (χ0v) is 9.91. The summed E-state index contributed by atoms with van der Waals surface area (Å²) in [5, 5.41) is 8.60. The normalized spacial score (nSPS) is 9.72. The molecule has 0 N–H and O–H groups in total. The second-order valence-electron chi connectivity index (χ2n) is 3.96. The highest BCUT2D eigenvalue weighted by Crippen LogP contribution is 2.01. The molecule has 3 heteroatoms. The minimum Gasteiger partial charge on any atom is -0.286 e. The van der Waals surface area contributed by atoms with Crippen molar-refractivity contribution < 1.29 is 9.36 Å². The smallest absolute Gasteiger partial charge is 0.250 e. The Kier molecular flexibility index (Phi) is 3.83. The topological polar surface area (TPSA) is 44.7 Å². The van der Waals surface area contributed by atoms with Crippen molar-refractivity contribution in [2.75, 3.05) is 0 Å². The minimum absolute atomic E-state index is 0.0845. The average Bonchev–Trinajstić information content (AvgIpc) is 2.41. The van der Waals surface area contributed by atoms with Crippen LogP contribution in [0.3, 0.4) is 0 Å². The maximum atomic E-state index is 11.8. The van der Waals surface area contributed by atoms with E-state index in [1.165, 1.54) is 0 Å². The van der Waals surface area contributed by atoms with E-state index in [9.17, 15) is 4.79 Å². The monoisotopic (exact) mass is 237 g/mol. The van der Waals surface area contributed by atoms with Crippen LogP contribution in [0.2, 0.25) is 0 Å². The Morgan fingerprint density at radius 1 is 1.11 bits per heavy atom. The highest BCUT2D eigenvalue weighted by Gasteiger charge is 2.17. The Hall–Kier alpha value is -2.47. The summed E-state index contributed by atoms with van der Waals surface area (Å²) < 4.78 is 1.87. The molecular formula is C15H13N2O+. The highest BCUT2D eigenvalue weighted by atomic mass is 16.1. The Morgan fingerprint density at radius 2 is 1.83 bits per heavy atom. The molecule has 0 saturated carbocycles. The summed E-state index contributed by atoms with van der Waals surface area (Å²) in [7, 11) is 0. The van der Waals surface area contributed by atoms with Crippen molar-refractivity contribution in [3.63, 3.8) is 0 Å². The van der Waals surface area contributed by atoms with Crippen LogP contribution in [0, 0.1) is 11.3 Å². The predicted molar refractivity (Wildman–Crippen MR) is 66.7 cm³/mol. The summed E-state index contributed by atoms with van der Waals surface area (Å²) >= 11 is 0. The number of hydrogen-bond donors (Lipinski definition) is 0. The molecule has 18 heavy (non-hydrogen) atoms. The number of rotatable bonds is 4. The predicted octanol–water partition coefficient (Wildman–Crippen LogP) is 2.12. The number of carbonyl (C=O) groups is 1. The maximum absolute atomic E-state index is 11.8. The number of pyridine rings is 1. The molecule has 88 valence electrons. The summed E-state index contributed by atoms with van der Waals surface area (Å²) in [5.41, 5.74) is 1.70. The first-order valence-electron chi connectivity index (χ1n) is 5.74. The van der Waals surface area contributed by atoms with E-state index < -0.39 is 0 Å². The van der Waals surface area contributed by atoms with Crippen LogP contribution < -0.4 is 4.57 Å². The fourth-order valence-corrected chi connectivity index (χ4v) is 1.81. The van der Waals surface area contributed by atoms with Crippen LogP contribution >= 0.6 is 0 Å². The first-order valence-corrected chi connectivity index (χ1v) is 5.74. The molecule has 0 bridgehead atoms. The van der Waals surface area contributed by atoms with Crippen LogP contribution in [0.15, 0.2) is 54.7 Å². The number of carbonyl (C=O) groups excluding carboxylic acids is 1. The van der Waals surface area contributed by atoms with Crippen molar-refractivity contribution in [2.24, 2.45) is 0 Å². The third-order valence-electron chi connectivity index (χ3n) is 2.66. The Morgan fingerprint density at radius 3 is 2.56 bits per heavy atom. The molecule has 3 nitrogen and oxygen atoms in total. The molecule has 1 aromatic carbocycles. The van der Waals surface area contributed by atoms with Crippen molar-refractivity contribution in [3.05, 3.63) is 66.0 Å². The largest absolute Gasteiger partial charge is 0.286 e. The molecule has 0 amide bonds. The minimum atomic E-state index is -0.144. The van der Waals surface area contributed by atoms with Crippen LogP contribution in [0.5, 0.6) is 0 Å². The number of aromatic nitrogens is 1. The third kappa shape index (κ3) is 2.80. The van der Waals surface area contributed by atoms with E-state index >= 15 is 0 Å². The Balaban J connectivity index is 2.29. The van der Waals surface area contributed by atoms with E-state index in [0.29, 0.717) is 12.2 Å². The van der Waals surface area contributed by atoms with Crippen LogP contribution in [0.1, 0.15) is 22.5 Å². The van der Waals surface area contributed by atoms with Gasteiger partial charge in [-0.2, -0.15) is 9.83 Å². The molecule has 0 atom stereocenters. The van der Waals surface area contributed by atoms with Gasteiger partial charge in [0.1, 0.15) is 6.42 Å². The van der Waals surface area contributed by atoms with Gasteiger partial charge in [0, 0.05) is 17.7 Å². The number of ketones is 1. The third-order valence-corrected chi connectivity index (χ3v) is 2.66. The van der Waals surface area contributed by atoms with Gasteiger partial charge >= 0.3 is 0 Å². The molecule has 0 unspecified atom stereocenters. The fourth-order valence-electron chi connectivity index (χ4n) is 1.81. The summed E-state index contributed by atoms with van der Waals surface area (Å²) in [4.78, 5) is 11.8. The SMILES string of the molecule is N#CCC(=O)c1cccc[n+]1Cc1ccccc1. The van der Waals surface area contributed by atoms with Gasteiger partial charge in [0.05, 0.1) is 6.07 Å². The van der Waals surface area contributed by atoms with E-state index in [-0.39, 0.29) is 12.2 Å². The van der Waals surface area contributed by atoms with Crippen LogP contribution in [-0.2, 0) is 6.54 Å². The lowest BCUT2D eigenvalue weighted by molar-refractivity contribution is -0.690. The van der Waals surface area contributed by atoms with Crippen molar-refractivity contribution in [3.8, 4) is 6.07 Å². The molecule has 0 spiro atoms. The number of benzene rings is 1. The van der Waals surface area contributed by atoms with Gasteiger partial charge in [0.25, 0.3) is 0 Å². The van der Waals surface area contributed by atoms with Crippen LogP contribution in [0.4, 0.5) is 0 Å². The van der Waals surface area contributed by atoms with Gasteiger partial charge < -0.3 is 0 Å². The lowest BCUT2D eigenvalue weighted by atomic mass is 10.1. The molecule has 0 saturated heterocycles. The lowest BCUT2D eigenvalue weighted by Gasteiger charge is -2.01. The molecule has 1 aromatic heterocycles. The zero-order chi connectivity index (χ0) is 12.8. The van der Waals surface area contributed by atoms with Crippen molar-refractivity contribution in [1.82, 2.24) is 0 Å². The number of nitrogens with zero attached hydrogens (tertiary/aromatic N) is 2. The number of Topliss-reactive ketones (excluding diaryl/α,β-unsaturated/α-hetero) is 1. The van der Waals surface area contributed by atoms with E-state index in [4.69, 9.17) is 5.26 Å². The molecule has 2 rings (SSSR count).